The van der Waals surface area contributed by atoms with Crippen LogP contribution in [0.5, 0.6) is 0 Å². The highest BCUT2D eigenvalue weighted by molar-refractivity contribution is 5.93. The Balaban J connectivity index is 1.64. The van der Waals surface area contributed by atoms with Gasteiger partial charge in [-0.15, -0.1) is 0 Å². The number of rotatable bonds is 5. The minimum Gasteiger partial charge on any atom is -0.344 e. The summed E-state index contributed by atoms with van der Waals surface area (Å²) in [5.74, 6) is -0.250. The minimum absolute atomic E-state index is 0.180. The second-order valence-corrected chi connectivity index (χ2v) is 7.12. The summed E-state index contributed by atoms with van der Waals surface area (Å²) in [6.07, 6.45) is 5.47. The molecule has 0 fully saturated rings. The van der Waals surface area contributed by atoms with Gasteiger partial charge in [-0.2, -0.15) is 15.3 Å². The standard InChI is InChI=1S/C20H24N8O/c1-6-27-11-16(13(3)24-27)12(2)23-20(29)17-9-19-21-8-7-18(28(19)25-17)15-10-22-26(5)14(15)4/h7-12H,6H2,1-5H3,(H,23,29). The molecular formula is C20H24N8O. The first-order valence-electron chi connectivity index (χ1n) is 9.57. The average Bonchev–Trinajstić information content (AvgIpc) is 3.39. The molecule has 0 spiro atoms. The Bertz CT molecular complexity index is 1200. The number of hydrogen-bond acceptors (Lipinski definition) is 5. The van der Waals surface area contributed by atoms with Crippen LogP contribution in [0.2, 0.25) is 0 Å². The molecule has 4 aromatic heterocycles. The second kappa shape index (κ2) is 7.16. The molecule has 0 aliphatic carbocycles. The van der Waals surface area contributed by atoms with E-state index in [1.165, 1.54) is 0 Å². The number of nitrogens with one attached hydrogen (secondary N) is 1. The molecule has 4 aromatic rings. The number of nitrogens with zero attached hydrogens (tertiary/aromatic N) is 7. The zero-order valence-electron chi connectivity index (χ0n) is 17.2. The summed E-state index contributed by atoms with van der Waals surface area (Å²) in [4.78, 5) is 17.2. The molecule has 0 aliphatic heterocycles. The summed E-state index contributed by atoms with van der Waals surface area (Å²) in [5, 5.41) is 16.3. The fourth-order valence-corrected chi connectivity index (χ4v) is 3.43. The summed E-state index contributed by atoms with van der Waals surface area (Å²) < 4.78 is 5.35. The van der Waals surface area contributed by atoms with Crippen LogP contribution in [0.25, 0.3) is 16.9 Å². The summed E-state index contributed by atoms with van der Waals surface area (Å²) in [7, 11) is 1.89. The molecule has 0 radical (unpaired) electrons. The van der Waals surface area contributed by atoms with Crippen molar-refractivity contribution in [2.45, 2.75) is 40.3 Å². The van der Waals surface area contributed by atoms with E-state index in [2.05, 4.69) is 25.6 Å². The molecule has 0 bridgehead atoms. The molecule has 9 heteroatoms. The maximum atomic E-state index is 12.8. The van der Waals surface area contributed by atoms with E-state index in [4.69, 9.17) is 0 Å². The first-order chi connectivity index (χ1) is 13.9. The molecule has 0 saturated carbocycles. The maximum Gasteiger partial charge on any atom is 0.272 e. The van der Waals surface area contributed by atoms with E-state index in [1.54, 1.807) is 27.7 Å². The molecule has 1 amide bonds. The molecule has 1 unspecified atom stereocenters. The quantitative estimate of drug-likeness (QED) is 0.563. The Labute approximate surface area is 168 Å². The summed E-state index contributed by atoms with van der Waals surface area (Å²) in [6.45, 7) is 8.70. The van der Waals surface area contributed by atoms with Gasteiger partial charge in [0.1, 0.15) is 0 Å². The molecule has 150 valence electrons. The fraction of sp³-hybridized carbons (Fsp3) is 0.350. The van der Waals surface area contributed by atoms with E-state index in [1.807, 2.05) is 51.7 Å². The van der Waals surface area contributed by atoms with E-state index in [0.717, 1.165) is 34.8 Å². The van der Waals surface area contributed by atoms with Gasteiger partial charge < -0.3 is 5.32 Å². The van der Waals surface area contributed by atoms with Crippen LogP contribution in [-0.2, 0) is 13.6 Å². The second-order valence-electron chi connectivity index (χ2n) is 7.12. The van der Waals surface area contributed by atoms with Crippen molar-refractivity contribution < 1.29 is 4.79 Å². The topological polar surface area (TPSA) is 94.9 Å². The van der Waals surface area contributed by atoms with Crippen molar-refractivity contribution in [2.75, 3.05) is 0 Å². The molecule has 4 heterocycles. The third kappa shape index (κ3) is 3.28. The number of carbonyl (C=O) groups excluding carboxylic acids is 1. The lowest BCUT2D eigenvalue weighted by Gasteiger charge is -2.11. The van der Waals surface area contributed by atoms with Gasteiger partial charge in [-0.3, -0.25) is 14.2 Å². The average molecular weight is 392 g/mol. The maximum absolute atomic E-state index is 12.8. The fourth-order valence-electron chi connectivity index (χ4n) is 3.43. The van der Waals surface area contributed by atoms with E-state index < -0.39 is 0 Å². The highest BCUT2D eigenvalue weighted by atomic mass is 16.2. The van der Waals surface area contributed by atoms with Crippen molar-refractivity contribution >= 4 is 11.6 Å². The van der Waals surface area contributed by atoms with Crippen molar-refractivity contribution in [3.63, 3.8) is 0 Å². The van der Waals surface area contributed by atoms with Gasteiger partial charge in [0.05, 0.1) is 23.6 Å². The van der Waals surface area contributed by atoms with Crippen LogP contribution in [0, 0.1) is 13.8 Å². The predicted octanol–water partition coefficient (Wildman–Crippen LogP) is 2.45. The Kier molecular flexibility index (Phi) is 4.65. The number of amides is 1. The van der Waals surface area contributed by atoms with Gasteiger partial charge in [0.25, 0.3) is 5.91 Å². The van der Waals surface area contributed by atoms with Crippen LogP contribution in [-0.4, -0.2) is 40.1 Å². The summed E-state index contributed by atoms with van der Waals surface area (Å²) in [5.41, 5.74) is 5.63. The lowest BCUT2D eigenvalue weighted by molar-refractivity contribution is 0.0934. The summed E-state index contributed by atoms with van der Waals surface area (Å²) in [6, 6.07) is 3.39. The molecule has 0 aliphatic rings. The van der Waals surface area contributed by atoms with Gasteiger partial charge in [0.15, 0.2) is 11.3 Å². The van der Waals surface area contributed by atoms with Gasteiger partial charge in [0.2, 0.25) is 0 Å². The van der Waals surface area contributed by atoms with Crippen LogP contribution >= 0.6 is 0 Å². The lowest BCUT2D eigenvalue weighted by Crippen LogP contribution is -2.27. The van der Waals surface area contributed by atoms with Crippen LogP contribution in [0.4, 0.5) is 0 Å². The number of fused-ring (bicyclic) bond motifs is 1. The number of carbonyl (C=O) groups is 1. The van der Waals surface area contributed by atoms with Crippen LogP contribution in [0.15, 0.2) is 30.7 Å². The van der Waals surface area contributed by atoms with E-state index in [9.17, 15) is 4.79 Å². The smallest absolute Gasteiger partial charge is 0.272 e. The highest BCUT2D eigenvalue weighted by Gasteiger charge is 2.19. The van der Waals surface area contributed by atoms with Crippen molar-refractivity contribution in [2.24, 2.45) is 7.05 Å². The molecule has 0 aromatic carbocycles. The van der Waals surface area contributed by atoms with Crippen molar-refractivity contribution in [1.82, 2.24) is 39.5 Å². The highest BCUT2D eigenvalue weighted by Crippen LogP contribution is 2.23. The molecule has 4 rings (SSSR count). The number of aromatic nitrogens is 7. The monoisotopic (exact) mass is 392 g/mol. The predicted molar refractivity (Wildman–Crippen MR) is 108 cm³/mol. The van der Waals surface area contributed by atoms with Crippen LogP contribution in [0.1, 0.15) is 47.3 Å². The SMILES string of the molecule is CCn1cc(C(C)NC(=O)c2cc3nccc(-c4cnn(C)c4C)n3n2)c(C)n1. The third-order valence-corrected chi connectivity index (χ3v) is 5.22. The molecule has 1 N–H and O–H groups in total. The van der Waals surface area contributed by atoms with Gasteiger partial charge in [-0.1, -0.05) is 0 Å². The first kappa shape index (κ1) is 18.9. The summed E-state index contributed by atoms with van der Waals surface area (Å²) >= 11 is 0. The molecule has 29 heavy (non-hydrogen) atoms. The van der Waals surface area contributed by atoms with Gasteiger partial charge in [-0.25, -0.2) is 9.50 Å². The van der Waals surface area contributed by atoms with E-state index >= 15 is 0 Å². The molecule has 1 atom stereocenters. The normalized spacial score (nSPS) is 12.4. The third-order valence-electron chi connectivity index (χ3n) is 5.22. The number of aryl methyl sites for hydroxylation is 3. The van der Waals surface area contributed by atoms with E-state index in [0.29, 0.717) is 11.3 Å². The van der Waals surface area contributed by atoms with Gasteiger partial charge >= 0.3 is 0 Å². The Morgan fingerprint density at radius 2 is 2.07 bits per heavy atom. The number of hydrogen-bond donors (Lipinski definition) is 1. The first-order valence-corrected chi connectivity index (χ1v) is 9.57. The molecule has 9 nitrogen and oxygen atoms in total. The molecular weight excluding hydrogens is 368 g/mol. The van der Waals surface area contributed by atoms with Crippen molar-refractivity contribution in [1.29, 1.82) is 0 Å². The Morgan fingerprint density at radius 3 is 2.72 bits per heavy atom. The zero-order valence-corrected chi connectivity index (χ0v) is 17.2. The Morgan fingerprint density at radius 1 is 1.28 bits per heavy atom. The Hall–Kier alpha value is -3.49. The van der Waals surface area contributed by atoms with E-state index in [-0.39, 0.29) is 11.9 Å². The van der Waals surface area contributed by atoms with Crippen molar-refractivity contribution in [3.05, 3.63) is 53.4 Å². The van der Waals surface area contributed by atoms with Gasteiger partial charge in [0, 0.05) is 48.9 Å². The van der Waals surface area contributed by atoms with Gasteiger partial charge in [-0.05, 0) is 33.8 Å². The lowest BCUT2D eigenvalue weighted by atomic mass is 10.1. The van der Waals surface area contributed by atoms with Crippen LogP contribution in [0.3, 0.4) is 0 Å². The van der Waals surface area contributed by atoms with Crippen molar-refractivity contribution in [3.8, 4) is 11.3 Å². The molecule has 0 saturated heterocycles. The van der Waals surface area contributed by atoms with Crippen LogP contribution < -0.4 is 5.32 Å². The largest absolute Gasteiger partial charge is 0.344 e. The minimum atomic E-state index is -0.250. The zero-order chi connectivity index (χ0) is 20.7.